The van der Waals surface area contributed by atoms with Crippen LogP contribution < -0.4 is 10.6 Å². The molecule has 2 N–H and O–H groups in total. The Morgan fingerprint density at radius 1 is 1.53 bits per heavy atom. The Kier molecular flexibility index (Phi) is 3.97. The number of rotatable bonds is 4. The summed E-state index contributed by atoms with van der Waals surface area (Å²) in [6.45, 7) is 6.35. The van der Waals surface area contributed by atoms with Gasteiger partial charge in [-0.25, -0.2) is 0 Å². The zero-order valence-corrected chi connectivity index (χ0v) is 11.2. The number of nitrogens with one attached hydrogen (secondary N) is 2. The van der Waals surface area contributed by atoms with Gasteiger partial charge in [-0.1, -0.05) is 5.57 Å². The van der Waals surface area contributed by atoms with Crippen molar-refractivity contribution in [2.75, 3.05) is 19.6 Å². The highest BCUT2D eigenvalue weighted by molar-refractivity contribution is 9.11. The van der Waals surface area contributed by atoms with Crippen molar-refractivity contribution in [1.29, 1.82) is 0 Å². The van der Waals surface area contributed by atoms with Crippen molar-refractivity contribution in [2.45, 2.75) is 13.5 Å². The second-order valence-electron chi connectivity index (χ2n) is 3.80. The molecule has 1 saturated heterocycles. The molecule has 1 fully saturated rings. The zero-order chi connectivity index (χ0) is 10.7. The fraction of sp³-hybridized carbons (Fsp3) is 0.455. The van der Waals surface area contributed by atoms with Gasteiger partial charge in [-0.15, -0.1) is 11.3 Å². The zero-order valence-electron chi connectivity index (χ0n) is 8.77. The average Bonchev–Trinajstić information content (AvgIpc) is 2.48. The topological polar surface area (TPSA) is 24.1 Å². The smallest absolute Gasteiger partial charge is 0.0701 e. The standard InChI is InChI=1S/C11H15BrN2S/c1-8(9-5-14-6-9)4-13-7-10-2-3-11(12)15-10/h2-3,13-14H,4-7H2,1H3. The molecule has 0 spiro atoms. The maximum Gasteiger partial charge on any atom is 0.0701 e. The van der Waals surface area contributed by atoms with Gasteiger partial charge in [0.15, 0.2) is 0 Å². The molecular weight excluding hydrogens is 272 g/mol. The summed E-state index contributed by atoms with van der Waals surface area (Å²) in [6, 6.07) is 4.26. The van der Waals surface area contributed by atoms with Gasteiger partial charge in [-0.2, -0.15) is 0 Å². The Hall–Kier alpha value is -0.160. The van der Waals surface area contributed by atoms with E-state index in [2.05, 4.69) is 45.6 Å². The molecule has 0 amide bonds. The van der Waals surface area contributed by atoms with Crippen LogP contribution >= 0.6 is 27.3 Å². The summed E-state index contributed by atoms with van der Waals surface area (Å²) < 4.78 is 1.21. The van der Waals surface area contributed by atoms with E-state index < -0.39 is 0 Å². The Morgan fingerprint density at radius 3 is 2.87 bits per heavy atom. The number of thiophene rings is 1. The first-order valence-electron chi connectivity index (χ1n) is 5.09. The minimum absolute atomic E-state index is 0.967. The van der Waals surface area contributed by atoms with Gasteiger partial charge in [-0.05, 0) is 40.6 Å². The molecule has 82 valence electrons. The lowest BCUT2D eigenvalue weighted by Crippen LogP contribution is -2.36. The molecular formula is C11H15BrN2S. The van der Waals surface area contributed by atoms with Crippen LogP contribution in [0.3, 0.4) is 0 Å². The number of halogens is 1. The molecule has 1 aliphatic heterocycles. The van der Waals surface area contributed by atoms with E-state index in [0.29, 0.717) is 0 Å². The minimum Gasteiger partial charge on any atom is -0.309 e. The molecule has 1 aliphatic rings. The van der Waals surface area contributed by atoms with Crippen molar-refractivity contribution in [3.8, 4) is 0 Å². The van der Waals surface area contributed by atoms with Gasteiger partial charge in [0.25, 0.3) is 0 Å². The first-order chi connectivity index (χ1) is 7.25. The van der Waals surface area contributed by atoms with Crippen molar-refractivity contribution >= 4 is 27.3 Å². The van der Waals surface area contributed by atoms with Crippen LogP contribution in [0, 0.1) is 0 Å². The molecule has 0 atom stereocenters. The summed E-state index contributed by atoms with van der Waals surface area (Å²) in [5.74, 6) is 0. The second kappa shape index (κ2) is 5.25. The van der Waals surface area contributed by atoms with Crippen molar-refractivity contribution in [3.05, 3.63) is 31.9 Å². The van der Waals surface area contributed by atoms with Crippen molar-refractivity contribution in [3.63, 3.8) is 0 Å². The number of hydrogen-bond donors (Lipinski definition) is 2. The monoisotopic (exact) mass is 286 g/mol. The van der Waals surface area contributed by atoms with E-state index >= 15 is 0 Å². The molecule has 1 aromatic rings. The summed E-state index contributed by atoms with van der Waals surface area (Å²) in [6.07, 6.45) is 0. The third-order valence-electron chi connectivity index (χ3n) is 2.60. The predicted octanol–water partition coefficient (Wildman–Crippen LogP) is 2.52. The highest BCUT2D eigenvalue weighted by atomic mass is 79.9. The van der Waals surface area contributed by atoms with Crippen LogP contribution in [-0.4, -0.2) is 19.6 Å². The highest BCUT2D eigenvalue weighted by Gasteiger charge is 2.09. The van der Waals surface area contributed by atoms with Gasteiger partial charge in [0.2, 0.25) is 0 Å². The number of hydrogen-bond acceptors (Lipinski definition) is 3. The van der Waals surface area contributed by atoms with E-state index in [0.717, 1.165) is 26.2 Å². The summed E-state index contributed by atoms with van der Waals surface area (Å²) in [5.41, 5.74) is 3.05. The highest BCUT2D eigenvalue weighted by Crippen LogP contribution is 2.21. The Morgan fingerprint density at radius 2 is 2.33 bits per heavy atom. The summed E-state index contributed by atoms with van der Waals surface area (Å²) in [5, 5.41) is 6.73. The molecule has 2 rings (SSSR count). The Labute approximate surface area is 103 Å². The molecule has 0 radical (unpaired) electrons. The maximum absolute atomic E-state index is 3.47. The third kappa shape index (κ3) is 3.14. The molecule has 1 aromatic heterocycles. The third-order valence-corrected chi connectivity index (χ3v) is 4.22. The lowest BCUT2D eigenvalue weighted by atomic mass is 10.0. The van der Waals surface area contributed by atoms with Crippen molar-refractivity contribution in [1.82, 2.24) is 10.6 Å². The van der Waals surface area contributed by atoms with E-state index in [-0.39, 0.29) is 0 Å². The van der Waals surface area contributed by atoms with Crippen LogP contribution in [0.25, 0.3) is 0 Å². The molecule has 15 heavy (non-hydrogen) atoms. The molecule has 0 bridgehead atoms. The quantitative estimate of drug-likeness (QED) is 0.832. The van der Waals surface area contributed by atoms with Crippen LogP contribution in [0.4, 0.5) is 0 Å². The van der Waals surface area contributed by atoms with Crippen LogP contribution in [0.15, 0.2) is 27.1 Å². The van der Waals surface area contributed by atoms with E-state index in [1.165, 1.54) is 14.2 Å². The van der Waals surface area contributed by atoms with Gasteiger partial charge in [-0.3, -0.25) is 0 Å². The van der Waals surface area contributed by atoms with Crippen LogP contribution in [0.1, 0.15) is 11.8 Å². The van der Waals surface area contributed by atoms with Crippen molar-refractivity contribution in [2.24, 2.45) is 0 Å². The SMILES string of the molecule is CC(CNCc1ccc(Br)s1)=C1CNC1. The molecule has 0 aromatic carbocycles. The summed E-state index contributed by atoms with van der Waals surface area (Å²) in [7, 11) is 0. The summed E-state index contributed by atoms with van der Waals surface area (Å²) >= 11 is 5.26. The largest absolute Gasteiger partial charge is 0.309 e. The van der Waals surface area contributed by atoms with E-state index in [4.69, 9.17) is 0 Å². The normalized spacial score (nSPS) is 15.2. The van der Waals surface area contributed by atoms with E-state index in [9.17, 15) is 0 Å². The first-order valence-corrected chi connectivity index (χ1v) is 6.70. The molecule has 2 nitrogen and oxygen atoms in total. The van der Waals surface area contributed by atoms with Crippen LogP contribution in [-0.2, 0) is 6.54 Å². The summed E-state index contributed by atoms with van der Waals surface area (Å²) in [4.78, 5) is 1.38. The van der Waals surface area contributed by atoms with Gasteiger partial charge in [0.1, 0.15) is 0 Å². The second-order valence-corrected chi connectivity index (χ2v) is 6.34. The van der Waals surface area contributed by atoms with Gasteiger partial charge in [0, 0.05) is 31.1 Å². The van der Waals surface area contributed by atoms with Crippen LogP contribution in [0.2, 0.25) is 0 Å². The van der Waals surface area contributed by atoms with E-state index in [1.807, 2.05) is 0 Å². The van der Waals surface area contributed by atoms with Crippen molar-refractivity contribution < 1.29 is 0 Å². The minimum atomic E-state index is 0.967. The van der Waals surface area contributed by atoms with Crippen LogP contribution in [0.5, 0.6) is 0 Å². The molecule has 0 unspecified atom stereocenters. The maximum atomic E-state index is 3.47. The average molecular weight is 287 g/mol. The lowest BCUT2D eigenvalue weighted by molar-refractivity contribution is 0.641. The molecule has 0 aliphatic carbocycles. The van der Waals surface area contributed by atoms with E-state index in [1.54, 1.807) is 16.9 Å². The fourth-order valence-corrected chi connectivity index (χ4v) is 2.95. The Bertz CT molecular complexity index is 364. The molecule has 4 heteroatoms. The molecule has 2 heterocycles. The fourth-order valence-electron chi connectivity index (χ4n) is 1.50. The first kappa shape index (κ1) is 11.3. The van der Waals surface area contributed by atoms with Gasteiger partial charge < -0.3 is 10.6 Å². The molecule has 0 saturated carbocycles. The predicted molar refractivity (Wildman–Crippen MR) is 69.3 cm³/mol. The van der Waals surface area contributed by atoms with Gasteiger partial charge in [0.05, 0.1) is 3.79 Å². The van der Waals surface area contributed by atoms with Gasteiger partial charge >= 0.3 is 0 Å². The Balaban J connectivity index is 1.75. The lowest BCUT2D eigenvalue weighted by Gasteiger charge is -2.22.